The Morgan fingerprint density at radius 3 is 1.73 bits per heavy atom. The summed E-state index contributed by atoms with van der Waals surface area (Å²) in [6, 6.07) is 15.1. The molecular formula is C37H58N2O7S3. The van der Waals surface area contributed by atoms with Gasteiger partial charge < -0.3 is 4.42 Å². The summed E-state index contributed by atoms with van der Waals surface area (Å²) in [6.07, 6.45) is 8.19. The van der Waals surface area contributed by atoms with Gasteiger partial charge in [0, 0.05) is 31.2 Å². The second kappa shape index (κ2) is 16.2. The van der Waals surface area contributed by atoms with E-state index >= 15 is 0 Å². The molecule has 0 amide bonds. The highest BCUT2D eigenvalue weighted by molar-refractivity contribution is 7.90. The molecule has 12 heteroatoms. The molecule has 1 atom stereocenters. The highest BCUT2D eigenvalue weighted by atomic mass is 32.2. The molecule has 0 spiro atoms. The number of hydrogen-bond acceptors (Lipinski definition) is 8. The van der Waals surface area contributed by atoms with E-state index < -0.39 is 29.7 Å². The number of rotatable bonds is 7. The normalized spacial score (nSPS) is 16.4. The van der Waals surface area contributed by atoms with E-state index in [1.165, 1.54) is 36.2 Å². The van der Waals surface area contributed by atoms with E-state index in [1.807, 2.05) is 36.4 Å². The maximum absolute atomic E-state index is 11.3. The molecule has 1 aromatic heterocycles. The van der Waals surface area contributed by atoms with Crippen molar-refractivity contribution in [1.29, 1.82) is 0 Å². The predicted octanol–water partition coefficient (Wildman–Crippen LogP) is 7.57. The summed E-state index contributed by atoms with van der Waals surface area (Å²) in [7, 11) is -9.12. The monoisotopic (exact) mass is 738 g/mol. The van der Waals surface area contributed by atoms with Crippen molar-refractivity contribution < 1.29 is 29.7 Å². The number of nitrogens with zero attached hydrogens (tertiary/aromatic N) is 2. The first-order chi connectivity index (χ1) is 22.0. The minimum absolute atomic E-state index is 0.0938. The van der Waals surface area contributed by atoms with Crippen molar-refractivity contribution in [2.75, 3.05) is 31.9 Å². The summed E-state index contributed by atoms with van der Waals surface area (Å²) in [5, 5.41) is 0. The van der Waals surface area contributed by atoms with Crippen molar-refractivity contribution in [3.8, 4) is 11.5 Å². The first kappa shape index (κ1) is 42.6. The number of sulfone groups is 2. The zero-order valence-corrected chi connectivity index (χ0v) is 33.9. The van der Waals surface area contributed by atoms with Gasteiger partial charge in [-0.25, -0.2) is 34.5 Å². The van der Waals surface area contributed by atoms with Crippen molar-refractivity contribution >= 4 is 29.7 Å². The van der Waals surface area contributed by atoms with Crippen LogP contribution in [0.25, 0.3) is 11.5 Å². The number of hydrogen-bond donors (Lipinski definition) is 0. The predicted molar refractivity (Wildman–Crippen MR) is 200 cm³/mol. The fourth-order valence-corrected chi connectivity index (χ4v) is 7.70. The average molecular weight is 739 g/mol. The molecule has 276 valence electrons. The number of aromatic nitrogens is 1. The second-order valence-corrected chi connectivity index (χ2v) is 22.9. The van der Waals surface area contributed by atoms with Crippen molar-refractivity contribution in [2.45, 2.75) is 97.6 Å². The van der Waals surface area contributed by atoms with Crippen LogP contribution in [0.2, 0.25) is 0 Å². The zero-order chi connectivity index (χ0) is 37.6. The summed E-state index contributed by atoms with van der Waals surface area (Å²) < 4.78 is 74.4. The summed E-state index contributed by atoms with van der Waals surface area (Å²) in [5.74, 6) is 0.894. The lowest BCUT2D eigenvalue weighted by atomic mass is 9.84. The lowest BCUT2D eigenvalue weighted by Gasteiger charge is -2.22. The molecule has 2 aromatic carbocycles. The first-order valence-corrected chi connectivity index (χ1v) is 22.3. The third-order valence-electron chi connectivity index (χ3n) is 7.66. The minimum Gasteiger partial charge on any atom is -0.444 e. The van der Waals surface area contributed by atoms with Crippen LogP contribution in [0.3, 0.4) is 0 Å². The lowest BCUT2D eigenvalue weighted by molar-refractivity contribution is 0.299. The molecular weight excluding hydrogens is 681 g/mol. The molecule has 0 N–H and O–H groups in total. The molecule has 3 aromatic rings. The Balaban J connectivity index is 0.000000261. The number of oxazole rings is 1. The molecule has 0 saturated carbocycles. The molecule has 1 unspecified atom stereocenters. The largest absolute Gasteiger partial charge is 0.444 e. The number of sulfonamides is 1. The fourth-order valence-electron chi connectivity index (χ4n) is 5.49. The summed E-state index contributed by atoms with van der Waals surface area (Å²) in [5.41, 5.74) is 4.31. The van der Waals surface area contributed by atoms with Crippen LogP contribution in [0.15, 0.2) is 64.1 Å². The van der Waals surface area contributed by atoms with Gasteiger partial charge in [-0.3, -0.25) is 0 Å². The van der Waals surface area contributed by atoms with Crippen molar-refractivity contribution in [3.63, 3.8) is 0 Å². The molecule has 0 radical (unpaired) electrons. The van der Waals surface area contributed by atoms with Gasteiger partial charge in [-0.15, -0.1) is 0 Å². The van der Waals surface area contributed by atoms with Crippen LogP contribution in [0.1, 0.15) is 92.0 Å². The van der Waals surface area contributed by atoms with E-state index in [0.29, 0.717) is 34.4 Å². The molecule has 1 fully saturated rings. The summed E-state index contributed by atoms with van der Waals surface area (Å²) in [4.78, 5) is 4.60. The Morgan fingerprint density at radius 2 is 1.33 bits per heavy atom. The first-order valence-electron chi connectivity index (χ1n) is 16.5. The van der Waals surface area contributed by atoms with Crippen molar-refractivity contribution in [1.82, 2.24) is 9.29 Å². The minimum atomic E-state index is -3.09. The van der Waals surface area contributed by atoms with Crippen LogP contribution in [-0.2, 0) is 47.3 Å². The van der Waals surface area contributed by atoms with Crippen LogP contribution in [-0.4, -0.2) is 66.4 Å². The maximum Gasteiger partial charge on any atom is 0.226 e. The lowest BCUT2D eigenvalue weighted by Crippen LogP contribution is -2.28. The van der Waals surface area contributed by atoms with Gasteiger partial charge in [-0.2, -0.15) is 0 Å². The van der Waals surface area contributed by atoms with E-state index in [2.05, 4.69) is 67.3 Å². The van der Waals surface area contributed by atoms with Crippen LogP contribution in [0.5, 0.6) is 0 Å². The standard InChI is InChI=1S/C15H19NO3S.C12H18O2S.C10H21NO2S/c1-15(2,3)12-7-5-11(6-8-12)14-16-13(9-19-14)10-20(4,17)18;1-12(2,3)9-10-5-7-11(8-6-10)15(4,13)14;1-10(2,3)7-9-5-6-11(8-9)14(4,12)13/h5-9H,10H2,1-4H3;5-8H,9H2,1-4H3;9H,5-8H2,1-4H3. The molecule has 2 heterocycles. The Hall–Kier alpha value is -2.54. The molecule has 1 saturated heterocycles. The molecule has 9 nitrogen and oxygen atoms in total. The van der Waals surface area contributed by atoms with Gasteiger partial charge in [0.1, 0.15) is 6.26 Å². The van der Waals surface area contributed by atoms with Crippen LogP contribution < -0.4 is 0 Å². The van der Waals surface area contributed by atoms with Gasteiger partial charge in [-0.1, -0.05) is 86.6 Å². The van der Waals surface area contributed by atoms with Crippen molar-refractivity contribution in [3.05, 3.63) is 71.6 Å². The Labute approximate surface area is 296 Å². The molecule has 49 heavy (non-hydrogen) atoms. The maximum atomic E-state index is 11.3. The molecule has 4 rings (SSSR count). The van der Waals surface area contributed by atoms with Crippen molar-refractivity contribution in [2.24, 2.45) is 16.7 Å². The third-order valence-corrected chi connectivity index (χ3v) is 10.9. The smallest absolute Gasteiger partial charge is 0.226 e. The Bertz CT molecular complexity index is 1820. The number of benzene rings is 2. The highest BCUT2D eigenvalue weighted by Gasteiger charge is 2.30. The van der Waals surface area contributed by atoms with Gasteiger partial charge in [0.2, 0.25) is 15.9 Å². The average Bonchev–Trinajstić information content (AvgIpc) is 3.56. The molecule has 0 bridgehead atoms. The molecule has 1 aliphatic rings. The zero-order valence-electron chi connectivity index (χ0n) is 31.5. The van der Waals surface area contributed by atoms with Crippen LogP contribution >= 0.6 is 0 Å². The molecule has 1 aliphatic heterocycles. The fraction of sp³-hybridized carbons (Fsp3) is 0.595. The quantitative estimate of drug-likeness (QED) is 0.243. The Kier molecular flexibility index (Phi) is 14.1. The van der Waals surface area contributed by atoms with Gasteiger partial charge in [-0.05, 0) is 76.8 Å². The van der Waals surface area contributed by atoms with E-state index in [1.54, 1.807) is 16.4 Å². The van der Waals surface area contributed by atoms with E-state index in [0.717, 1.165) is 31.4 Å². The van der Waals surface area contributed by atoms with Gasteiger partial charge in [0.15, 0.2) is 19.7 Å². The van der Waals surface area contributed by atoms with E-state index in [9.17, 15) is 25.3 Å². The summed E-state index contributed by atoms with van der Waals surface area (Å²) >= 11 is 0. The van der Waals surface area contributed by atoms with E-state index in [4.69, 9.17) is 4.42 Å². The van der Waals surface area contributed by atoms with Gasteiger partial charge >= 0.3 is 0 Å². The highest BCUT2D eigenvalue weighted by Crippen LogP contribution is 2.31. The topological polar surface area (TPSA) is 132 Å². The van der Waals surface area contributed by atoms with E-state index in [-0.39, 0.29) is 16.6 Å². The van der Waals surface area contributed by atoms with Gasteiger partial charge in [0.25, 0.3) is 0 Å². The SMILES string of the molecule is CC(C)(C)CC1CCN(S(C)(=O)=O)C1.CC(C)(C)Cc1ccc(S(C)(=O)=O)cc1.CC(C)(C)c1ccc(-c2nc(CS(C)(=O)=O)co2)cc1. The Morgan fingerprint density at radius 1 is 0.776 bits per heavy atom. The third kappa shape index (κ3) is 16.4. The van der Waals surface area contributed by atoms with Crippen LogP contribution in [0, 0.1) is 16.7 Å². The van der Waals surface area contributed by atoms with Crippen LogP contribution in [0.4, 0.5) is 0 Å². The summed E-state index contributed by atoms with van der Waals surface area (Å²) in [6.45, 7) is 21.0. The second-order valence-electron chi connectivity index (χ2n) is 16.7. The molecule has 0 aliphatic carbocycles. The van der Waals surface area contributed by atoms with Gasteiger partial charge in [0.05, 0.1) is 22.6 Å².